The third-order valence-electron chi connectivity index (χ3n) is 2.27. The van der Waals surface area contributed by atoms with E-state index in [2.05, 4.69) is 14.8 Å². The van der Waals surface area contributed by atoms with Gasteiger partial charge in [0.2, 0.25) is 0 Å². The first-order valence-corrected chi connectivity index (χ1v) is 5.26. The molecule has 0 aliphatic heterocycles. The SMILES string of the molecule is [N-]=[N+]=NCC(O)C(O)c1cc(N)ccc1OC(F)(F)F. The summed E-state index contributed by atoms with van der Waals surface area (Å²) in [4.78, 5) is 2.37. The quantitative estimate of drug-likeness (QED) is 0.331. The zero-order chi connectivity index (χ0) is 15.3. The number of benzene rings is 1. The van der Waals surface area contributed by atoms with E-state index in [0.717, 1.165) is 18.2 Å². The molecule has 0 spiro atoms. The van der Waals surface area contributed by atoms with Crippen LogP contribution in [0.25, 0.3) is 10.4 Å². The highest BCUT2D eigenvalue weighted by molar-refractivity contribution is 5.49. The Hall–Kier alpha value is -2.16. The van der Waals surface area contributed by atoms with Crippen LogP contribution in [0.15, 0.2) is 23.3 Å². The van der Waals surface area contributed by atoms with Crippen molar-refractivity contribution in [3.63, 3.8) is 0 Å². The van der Waals surface area contributed by atoms with E-state index in [9.17, 15) is 23.4 Å². The first-order valence-electron chi connectivity index (χ1n) is 5.26. The largest absolute Gasteiger partial charge is 0.573 e. The van der Waals surface area contributed by atoms with Crippen LogP contribution < -0.4 is 10.5 Å². The molecule has 0 aliphatic rings. The monoisotopic (exact) mass is 292 g/mol. The predicted molar refractivity (Wildman–Crippen MR) is 62.5 cm³/mol. The number of nitrogens with two attached hydrogens (primary N) is 1. The van der Waals surface area contributed by atoms with Crippen molar-refractivity contribution >= 4 is 5.69 Å². The molecular formula is C10H11F3N4O3. The number of nitrogen functional groups attached to an aromatic ring is 1. The van der Waals surface area contributed by atoms with Gasteiger partial charge in [-0.3, -0.25) is 0 Å². The first kappa shape index (κ1) is 15.9. The summed E-state index contributed by atoms with van der Waals surface area (Å²) in [6.45, 7) is -0.516. The Bertz CT molecular complexity index is 517. The molecule has 7 nitrogen and oxygen atoms in total. The molecule has 20 heavy (non-hydrogen) atoms. The number of hydrogen-bond acceptors (Lipinski definition) is 5. The van der Waals surface area contributed by atoms with Crippen molar-refractivity contribution in [2.75, 3.05) is 12.3 Å². The average Bonchev–Trinajstić information content (AvgIpc) is 2.35. The molecule has 2 unspecified atom stereocenters. The van der Waals surface area contributed by atoms with Crippen LogP contribution in [0, 0.1) is 0 Å². The number of alkyl halides is 3. The molecule has 0 heterocycles. The van der Waals surface area contributed by atoms with Gasteiger partial charge in [-0.2, -0.15) is 0 Å². The van der Waals surface area contributed by atoms with Gasteiger partial charge < -0.3 is 20.7 Å². The zero-order valence-electron chi connectivity index (χ0n) is 9.95. The van der Waals surface area contributed by atoms with Gasteiger partial charge in [0, 0.05) is 16.2 Å². The Labute approximate surface area is 111 Å². The van der Waals surface area contributed by atoms with Crippen molar-refractivity contribution in [1.29, 1.82) is 0 Å². The van der Waals surface area contributed by atoms with E-state index in [1.165, 1.54) is 0 Å². The third-order valence-corrected chi connectivity index (χ3v) is 2.27. The van der Waals surface area contributed by atoms with Gasteiger partial charge in [-0.15, -0.1) is 13.2 Å². The topological polar surface area (TPSA) is 124 Å². The molecule has 0 bridgehead atoms. The predicted octanol–water partition coefficient (Wildman–Crippen LogP) is 1.87. The lowest BCUT2D eigenvalue weighted by atomic mass is 10.0. The fourth-order valence-electron chi connectivity index (χ4n) is 1.44. The van der Waals surface area contributed by atoms with Gasteiger partial charge in [-0.25, -0.2) is 0 Å². The van der Waals surface area contributed by atoms with Crippen LogP contribution in [0.4, 0.5) is 18.9 Å². The van der Waals surface area contributed by atoms with Crippen LogP contribution in [-0.2, 0) is 0 Å². The summed E-state index contributed by atoms with van der Waals surface area (Å²) >= 11 is 0. The molecule has 1 aromatic rings. The van der Waals surface area contributed by atoms with E-state index in [4.69, 9.17) is 11.3 Å². The van der Waals surface area contributed by atoms with Crippen LogP contribution >= 0.6 is 0 Å². The highest BCUT2D eigenvalue weighted by atomic mass is 19.4. The maximum absolute atomic E-state index is 12.2. The number of anilines is 1. The zero-order valence-corrected chi connectivity index (χ0v) is 9.95. The summed E-state index contributed by atoms with van der Waals surface area (Å²) in [7, 11) is 0. The molecule has 1 aromatic carbocycles. The van der Waals surface area contributed by atoms with Gasteiger partial charge >= 0.3 is 6.36 Å². The van der Waals surface area contributed by atoms with E-state index in [1.807, 2.05) is 0 Å². The van der Waals surface area contributed by atoms with Gasteiger partial charge in [0.15, 0.2) is 0 Å². The highest BCUT2D eigenvalue weighted by Gasteiger charge is 2.33. The van der Waals surface area contributed by atoms with Gasteiger partial charge in [0.05, 0.1) is 12.6 Å². The second-order valence-corrected chi connectivity index (χ2v) is 3.77. The molecule has 0 radical (unpaired) electrons. The Morgan fingerprint density at radius 3 is 2.60 bits per heavy atom. The van der Waals surface area contributed by atoms with Gasteiger partial charge in [0.1, 0.15) is 11.9 Å². The first-order chi connectivity index (χ1) is 9.24. The highest BCUT2D eigenvalue weighted by Crippen LogP contribution is 2.33. The number of nitrogens with zero attached hydrogens (tertiary/aromatic N) is 3. The van der Waals surface area contributed by atoms with Crippen LogP contribution in [0.2, 0.25) is 0 Å². The average molecular weight is 292 g/mol. The number of aliphatic hydroxyl groups excluding tert-OH is 2. The summed E-state index contributed by atoms with van der Waals surface area (Å²) in [6, 6.07) is 3.10. The minimum Gasteiger partial charge on any atom is -0.405 e. The lowest BCUT2D eigenvalue weighted by Gasteiger charge is -2.20. The summed E-state index contributed by atoms with van der Waals surface area (Å²) in [5.74, 6) is -0.695. The van der Waals surface area contributed by atoms with E-state index in [-0.39, 0.29) is 11.3 Å². The van der Waals surface area contributed by atoms with Crippen molar-refractivity contribution < 1.29 is 28.1 Å². The van der Waals surface area contributed by atoms with Crippen LogP contribution in [0.5, 0.6) is 5.75 Å². The molecule has 4 N–H and O–H groups in total. The second-order valence-electron chi connectivity index (χ2n) is 3.77. The summed E-state index contributed by atoms with van der Waals surface area (Å²) in [5.41, 5.74) is 13.2. The van der Waals surface area contributed by atoms with Gasteiger partial charge in [-0.1, -0.05) is 5.11 Å². The van der Waals surface area contributed by atoms with Crippen molar-refractivity contribution in [3.05, 3.63) is 34.2 Å². The Morgan fingerprint density at radius 2 is 2.05 bits per heavy atom. The number of aliphatic hydroxyl groups is 2. The van der Waals surface area contributed by atoms with Crippen molar-refractivity contribution in [2.24, 2.45) is 5.11 Å². The third kappa shape index (κ3) is 4.50. The Balaban J connectivity index is 3.07. The number of hydrogen-bond donors (Lipinski definition) is 3. The fourth-order valence-corrected chi connectivity index (χ4v) is 1.44. The summed E-state index contributed by atoms with van der Waals surface area (Å²) in [6.07, 6.45) is -8.30. The number of rotatable bonds is 5. The lowest BCUT2D eigenvalue weighted by Crippen LogP contribution is -2.24. The summed E-state index contributed by atoms with van der Waals surface area (Å²) in [5, 5.41) is 22.3. The van der Waals surface area contributed by atoms with Crippen LogP contribution in [0.3, 0.4) is 0 Å². The molecule has 1 rings (SSSR count). The molecule has 0 saturated heterocycles. The van der Waals surface area contributed by atoms with Gasteiger partial charge in [-0.05, 0) is 23.7 Å². The van der Waals surface area contributed by atoms with Crippen molar-refractivity contribution in [1.82, 2.24) is 0 Å². The normalized spacial score (nSPS) is 14.2. The fraction of sp³-hybridized carbons (Fsp3) is 0.400. The van der Waals surface area contributed by atoms with E-state index in [0.29, 0.717) is 0 Å². The Morgan fingerprint density at radius 1 is 1.40 bits per heavy atom. The maximum atomic E-state index is 12.2. The molecule has 0 aliphatic carbocycles. The van der Waals surface area contributed by atoms with E-state index >= 15 is 0 Å². The second kappa shape index (κ2) is 6.33. The van der Waals surface area contributed by atoms with Gasteiger partial charge in [0.25, 0.3) is 0 Å². The lowest BCUT2D eigenvalue weighted by molar-refractivity contribution is -0.275. The molecule has 110 valence electrons. The number of azide groups is 1. The molecule has 0 fully saturated rings. The standard InChI is InChI=1S/C10H11F3N4O3/c11-10(12,13)20-8-2-1-5(14)3-6(8)9(19)7(18)4-16-17-15/h1-3,7,9,18-19H,4,14H2. The minimum atomic E-state index is -4.96. The molecule has 0 amide bonds. The van der Waals surface area contributed by atoms with E-state index < -0.39 is 30.9 Å². The van der Waals surface area contributed by atoms with Crippen molar-refractivity contribution in [2.45, 2.75) is 18.6 Å². The molecular weight excluding hydrogens is 281 g/mol. The van der Waals surface area contributed by atoms with Crippen molar-refractivity contribution in [3.8, 4) is 5.75 Å². The number of halogens is 3. The van der Waals surface area contributed by atoms with Crippen LogP contribution in [0.1, 0.15) is 11.7 Å². The maximum Gasteiger partial charge on any atom is 0.573 e. The van der Waals surface area contributed by atoms with E-state index in [1.54, 1.807) is 0 Å². The molecule has 10 heteroatoms. The molecule has 0 aromatic heterocycles. The van der Waals surface area contributed by atoms with Crippen LogP contribution in [-0.4, -0.2) is 29.2 Å². The summed E-state index contributed by atoms with van der Waals surface area (Å²) < 4.78 is 40.4. The molecule has 2 atom stereocenters. The molecule has 0 saturated carbocycles. The Kier molecular flexibility index (Phi) is 5.03. The minimum absolute atomic E-state index is 0.0737. The number of ether oxygens (including phenoxy) is 1. The smallest absolute Gasteiger partial charge is 0.405 e.